The van der Waals surface area contributed by atoms with Gasteiger partial charge in [0, 0.05) is 24.9 Å². The van der Waals surface area contributed by atoms with Crippen molar-refractivity contribution in [2.45, 2.75) is 37.8 Å². The number of hydrogen-bond acceptors (Lipinski definition) is 2. The van der Waals surface area contributed by atoms with Gasteiger partial charge in [0.15, 0.2) is 0 Å². The maximum Gasteiger partial charge on any atom is 0.317 e. The first-order valence-corrected chi connectivity index (χ1v) is 6.54. The molecule has 0 aromatic rings. The zero-order chi connectivity index (χ0) is 9.97. The number of nitrogens with one attached hydrogen (secondary N) is 1. The van der Waals surface area contributed by atoms with Gasteiger partial charge in [-0.25, -0.2) is 4.79 Å². The first-order valence-electron chi connectivity index (χ1n) is 5.38. The molecule has 2 aliphatic rings. The van der Waals surface area contributed by atoms with Gasteiger partial charge in [-0.1, -0.05) is 0 Å². The second-order valence-corrected chi connectivity index (χ2v) is 5.36. The molecule has 1 N–H and O–H groups in total. The third kappa shape index (κ3) is 2.16. The largest absolute Gasteiger partial charge is 0.335 e. The van der Waals surface area contributed by atoms with E-state index in [-0.39, 0.29) is 6.03 Å². The van der Waals surface area contributed by atoms with Gasteiger partial charge in [-0.3, -0.25) is 0 Å². The Balaban J connectivity index is 1.77. The van der Waals surface area contributed by atoms with Crippen LogP contribution >= 0.6 is 11.8 Å². The fraction of sp³-hybridized carbons (Fsp3) is 0.900. The van der Waals surface area contributed by atoms with Gasteiger partial charge in [0.25, 0.3) is 0 Å². The van der Waals surface area contributed by atoms with Crippen molar-refractivity contribution in [3.63, 3.8) is 0 Å². The molecule has 2 fully saturated rings. The topological polar surface area (TPSA) is 32.3 Å². The molecular weight excluding hydrogens is 196 g/mol. The lowest BCUT2D eigenvalue weighted by molar-refractivity contribution is 0.184. The zero-order valence-corrected chi connectivity index (χ0v) is 9.48. The smallest absolute Gasteiger partial charge is 0.317 e. The van der Waals surface area contributed by atoms with E-state index in [4.69, 9.17) is 0 Å². The van der Waals surface area contributed by atoms with Crippen LogP contribution in [0.3, 0.4) is 0 Å². The Hall–Kier alpha value is -0.380. The molecule has 1 aliphatic heterocycles. The molecule has 1 saturated heterocycles. The van der Waals surface area contributed by atoms with E-state index in [9.17, 15) is 4.79 Å². The van der Waals surface area contributed by atoms with Crippen molar-refractivity contribution in [1.82, 2.24) is 10.2 Å². The van der Waals surface area contributed by atoms with Gasteiger partial charge in [0.2, 0.25) is 0 Å². The molecule has 0 aromatic heterocycles. The summed E-state index contributed by atoms with van der Waals surface area (Å²) in [5, 5.41) is 3.07. The summed E-state index contributed by atoms with van der Waals surface area (Å²) in [5.74, 6) is 2.31. The molecule has 1 heterocycles. The minimum atomic E-state index is 0.127. The number of rotatable bonds is 2. The highest BCUT2D eigenvalue weighted by Gasteiger charge is 2.26. The fourth-order valence-electron chi connectivity index (χ4n) is 1.82. The van der Waals surface area contributed by atoms with Crippen molar-refractivity contribution in [1.29, 1.82) is 0 Å². The predicted octanol–water partition coefficient (Wildman–Crippen LogP) is 1.69. The second kappa shape index (κ2) is 4.43. The van der Waals surface area contributed by atoms with Crippen LogP contribution in [0, 0.1) is 0 Å². The monoisotopic (exact) mass is 214 g/mol. The average Bonchev–Trinajstić information content (AvgIpc) is 2.62. The highest BCUT2D eigenvalue weighted by Crippen LogP contribution is 2.22. The van der Waals surface area contributed by atoms with Crippen LogP contribution in [0.25, 0.3) is 0 Å². The van der Waals surface area contributed by atoms with Crippen molar-refractivity contribution in [3.8, 4) is 0 Å². The molecule has 0 spiro atoms. The first kappa shape index (κ1) is 10.1. The number of hydrogen-bond donors (Lipinski definition) is 1. The summed E-state index contributed by atoms with van der Waals surface area (Å²) in [6.45, 7) is 0. The third-order valence-corrected chi connectivity index (χ3v) is 4.35. The molecule has 0 bridgehead atoms. The predicted molar refractivity (Wildman–Crippen MR) is 59.7 cm³/mol. The molecule has 2 amide bonds. The molecule has 0 aromatic carbocycles. The van der Waals surface area contributed by atoms with Crippen molar-refractivity contribution in [2.75, 3.05) is 18.6 Å². The van der Waals surface area contributed by atoms with Crippen molar-refractivity contribution in [3.05, 3.63) is 0 Å². The molecule has 1 unspecified atom stereocenters. The van der Waals surface area contributed by atoms with E-state index in [1.807, 2.05) is 23.7 Å². The second-order valence-electron chi connectivity index (χ2n) is 4.21. The minimum Gasteiger partial charge on any atom is -0.335 e. The molecule has 2 rings (SSSR count). The zero-order valence-electron chi connectivity index (χ0n) is 8.66. The number of urea groups is 1. The van der Waals surface area contributed by atoms with Crippen LogP contribution in [0.1, 0.15) is 25.7 Å². The lowest BCUT2D eigenvalue weighted by Crippen LogP contribution is -2.49. The normalized spacial score (nSPS) is 27.1. The van der Waals surface area contributed by atoms with Crippen LogP contribution in [0.15, 0.2) is 0 Å². The van der Waals surface area contributed by atoms with Crippen LogP contribution in [0.5, 0.6) is 0 Å². The van der Waals surface area contributed by atoms with Crippen molar-refractivity contribution >= 4 is 17.8 Å². The van der Waals surface area contributed by atoms with E-state index in [0.717, 1.165) is 12.2 Å². The fourth-order valence-corrected chi connectivity index (χ4v) is 3.09. The summed E-state index contributed by atoms with van der Waals surface area (Å²) in [4.78, 5) is 13.6. The van der Waals surface area contributed by atoms with Crippen LogP contribution in [-0.4, -0.2) is 41.6 Å². The quantitative estimate of drug-likeness (QED) is 0.758. The van der Waals surface area contributed by atoms with E-state index >= 15 is 0 Å². The maximum absolute atomic E-state index is 11.7. The lowest BCUT2D eigenvalue weighted by Gasteiger charge is -2.31. The molecule has 14 heavy (non-hydrogen) atoms. The number of amides is 2. The molecule has 0 radical (unpaired) electrons. The molecule has 4 heteroatoms. The maximum atomic E-state index is 11.7. The molecule has 1 atom stereocenters. The number of carbonyl (C=O) groups is 1. The van der Waals surface area contributed by atoms with Gasteiger partial charge < -0.3 is 10.2 Å². The Morgan fingerprint density at radius 1 is 1.43 bits per heavy atom. The number of thioether (sulfide) groups is 1. The van der Waals surface area contributed by atoms with E-state index in [1.54, 1.807) is 0 Å². The summed E-state index contributed by atoms with van der Waals surface area (Å²) in [6, 6.07) is 1.04. The average molecular weight is 214 g/mol. The standard InChI is InChI=1S/C10H18N2OS/c1-12(9-5-6-14-7-9)10(13)11-8-3-2-4-8/h8-9H,2-7H2,1H3,(H,11,13). The molecule has 1 aliphatic carbocycles. The van der Waals surface area contributed by atoms with E-state index in [1.165, 1.54) is 25.0 Å². The Morgan fingerprint density at radius 3 is 2.71 bits per heavy atom. The van der Waals surface area contributed by atoms with Crippen LogP contribution in [0.4, 0.5) is 4.79 Å². The van der Waals surface area contributed by atoms with Crippen molar-refractivity contribution in [2.24, 2.45) is 0 Å². The highest BCUT2D eigenvalue weighted by atomic mass is 32.2. The SMILES string of the molecule is CN(C(=O)NC1CCC1)C1CCSC1. The van der Waals surface area contributed by atoms with E-state index in [0.29, 0.717) is 12.1 Å². The number of carbonyl (C=O) groups excluding carboxylic acids is 1. The highest BCUT2D eigenvalue weighted by molar-refractivity contribution is 7.99. The van der Waals surface area contributed by atoms with Gasteiger partial charge in [-0.2, -0.15) is 11.8 Å². The summed E-state index contributed by atoms with van der Waals surface area (Å²) >= 11 is 1.94. The molecule has 3 nitrogen and oxygen atoms in total. The Bertz CT molecular complexity index is 212. The van der Waals surface area contributed by atoms with Crippen LogP contribution in [-0.2, 0) is 0 Å². The van der Waals surface area contributed by atoms with Gasteiger partial charge >= 0.3 is 6.03 Å². The molecule has 1 saturated carbocycles. The third-order valence-electron chi connectivity index (χ3n) is 3.21. The summed E-state index contributed by atoms with van der Waals surface area (Å²) < 4.78 is 0. The summed E-state index contributed by atoms with van der Waals surface area (Å²) in [6.07, 6.45) is 4.76. The van der Waals surface area contributed by atoms with Gasteiger partial charge in [-0.05, 0) is 31.4 Å². The molecular formula is C10H18N2OS. The summed E-state index contributed by atoms with van der Waals surface area (Å²) in [5.41, 5.74) is 0. The van der Waals surface area contributed by atoms with Gasteiger partial charge in [0.1, 0.15) is 0 Å². The Kier molecular flexibility index (Phi) is 3.21. The summed E-state index contributed by atoms with van der Waals surface area (Å²) in [7, 11) is 1.92. The van der Waals surface area contributed by atoms with Gasteiger partial charge in [-0.15, -0.1) is 0 Å². The van der Waals surface area contributed by atoms with Gasteiger partial charge in [0.05, 0.1) is 0 Å². The van der Waals surface area contributed by atoms with Crippen molar-refractivity contribution < 1.29 is 4.79 Å². The molecule has 80 valence electrons. The Labute approximate surface area is 89.6 Å². The Morgan fingerprint density at radius 2 is 2.21 bits per heavy atom. The minimum absolute atomic E-state index is 0.127. The first-order chi connectivity index (χ1) is 6.77. The number of nitrogens with zero attached hydrogens (tertiary/aromatic N) is 1. The van der Waals surface area contributed by atoms with Crippen LogP contribution < -0.4 is 5.32 Å². The van der Waals surface area contributed by atoms with Crippen LogP contribution in [0.2, 0.25) is 0 Å². The van der Waals surface area contributed by atoms with E-state index < -0.39 is 0 Å². The van der Waals surface area contributed by atoms with E-state index in [2.05, 4.69) is 5.32 Å². The lowest BCUT2D eigenvalue weighted by atomic mass is 9.93.